The standard InChI is InChI=1S/C19H17FN4S/c1-14(13-21)25-19-23-22-18(16-9-5-6-10-17(16)20)24(19)12-11-15-7-3-2-4-8-15/h2-10,14H,11-12H2,1H3/t14-/m1/s1. The number of hydrogen-bond acceptors (Lipinski definition) is 4. The Balaban J connectivity index is 1.95. The van der Waals surface area contributed by atoms with Crippen LogP contribution in [0, 0.1) is 17.1 Å². The van der Waals surface area contributed by atoms with Crippen molar-refractivity contribution in [3.8, 4) is 17.5 Å². The van der Waals surface area contributed by atoms with E-state index >= 15 is 0 Å². The van der Waals surface area contributed by atoms with Gasteiger partial charge in [-0.15, -0.1) is 10.2 Å². The van der Waals surface area contributed by atoms with E-state index in [0.717, 1.165) is 6.42 Å². The molecule has 0 saturated heterocycles. The Morgan fingerprint density at radius 3 is 2.56 bits per heavy atom. The lowest BCUT2D eigenvalue weighted by molar-refractivity contribution is 0.616. The quantitative estimate of drug-likeness (QED) is 0.620. The highest BCUT2D eigenvalue weighted by atomic mass is 32.2. The highest BCUT2D eigenvalue weighted by molar-refractivity contribution is 8.00. The first kappa shape index (κ1) is 17.2. The summed E-state index contributed by atoms with van der Waals surface area (Å²) in [5.74, 6) is 0.155. The number of halogens is 1. The molecule has 0 aliphatic heterocycles. The molecule has 1 heterocycles. The third-order valence-corrected chi connectivity index (χ3v) is 4.73. The van der Waals surface area contributed by atoms with Gasteiger partial charge in [-0.1, -0.05) is 54.2 Å². The van der Waals surface area contributed by atoms with E-state index in [-0.39, 0.29) is 11.1 Å². The Morgan fingerprint density at radius 2 is 1.84 bits per heavy atom. The predicted molar refractivity (Wildman–Crippen MR) is 96.5 cm³/mol. The van der Waals surface area contributed by atoms with Gasteiger partial charge in [0, 0.05) is 6.54 Å². The third kappa shape index (κ3) is 4.06. The van der Waals surface area contributed by atoms with Crippen molar-refractivity contribution in [2.75, 3.05) is 0 Å². The van der Waals surface area contributed by atoms with Crippen molar-refractivity contribution in [2.24, 2.45) is 0 Å². The maximum Gasteiger partial charge on any atom is 0.192 e. The summed E-state index contributed by atoms with van der Waals surface area (Å²) in [6, 6.07) is 18.8. The van der Waals surface area contributed by atoms with Gasteiger partial charge in [-0.25, -0.2) is 4.39 Å². The lowest BCUT2D eigenvalue weighted by Crippen LogP contribution is -2.07. The van der Waals surface area contributed by atoms with Crippen LogP contribution in [0.1, 0.15) is 12.5 Å². The van der Waals surface area contributed by atoms with Crippen LogP contribution in [0.5, 0.6) is 0 Å². The minimum absolute atomic E-state index is 0.256. The SMILES string of the molecule is C[C@H](C#N)Sc1nnc(-c2ccccc2F)n1CCc1ccccc1. The first-order valence-electron chi connectivity index (χ1n) is 7.97. The molecule has 4 nitrogen and oxygen atoms in total. The topological polar surface area (TPSA) is 54.5 Å². The second kappa shape index (κ2) is 7.95. The Bertz CT molecular complexity index is 886. The average molecular weight is 352 g/mol. The molecule has 0 N–H and O–H groups in total. The smallest absolute Gasteiger partial charge is 0.192 e. The molecule has 0 unspecified atom stereocenters. The van der Waals surface area contributed by atoms with Crippen molar-refractivity contribution >= 4 is 11.8 Å². The lowest BCUT2D eigenvalue weighted by atomic mass is 10.1. The van der Waals surface area contributed by atoms with Gasteiger partial charge in [0.15, 0.2) is 11.0 Å². The number of aromatic nitrogens is 3. The van der Waals surface area contributed by atoms with Crippen molar-refractivity contribution in [1.82, 2.24) is 14.8 Å². The van der Waals surface area contributed by atoms with Crippen LogP contribution in [-0.2, 0) is 13.0 Å². The molecule has 3 aromatic rings. The second-order valence-electron chi connectivity index (χ2n) is 5.56. The van der Waals surface area contributed by atoms with Crippen molar-refractivity contribution in [2.45, 2.75) is 30.3 Å². The zero-order chi connectivity index (χ0) is 17.6. The fraction of sp³-hybridized carbons (Fsp3) is 0.211. The molecule has 126 valence electrons. The summed E-state index contributed by atoms with van der Waals surface area (Å²) in [5.41, 5.74) is 1.60. The summed E-state index contributed by atoms with van der Waals surface area (Å²) in [4.78, 5) is 0. The van der Waals surface area contributed by atoms with E-state index in [4.69, 9.17) is 5.26 Å². The Kier molecular flexibility index (Phi) is 5.46. The van der Waals surface area contributed by atoms with Gasteiger partial charge < -0.3 is 4.57 Å². The first-order valence-corrected chi connectivity index (χ1v) is 8.85. The molecule has 6 heteroatoms. The molecule has 0 spiro atoms. The van der Waals surface area contributed by atoms with Crippen LogP contribution < -0.4 is 0 Å². The molecule has 25 heavy (non-hydrogen) atoms. The van der Waals surface area contributed by atoms with Gasteiger partial charge in [0.1, 0.15) is 5.82 Å². The number of benzene rings is 2. The van der Waals surface area contributed by atoms with Crippen LogP contribution in [0.3, 0.4) is 0 Å². The molecule has 0 saturated carbocycles. The van der Waals surface area contributed by atoms with Gasteiger partial charge in [0.05, 0.1) is 16.9 Å². The summed E-state index contributed by atoms with van der Waals surface area (Å²) in [5, 5.41) is 17.8. The van der Waals surface area contributed by atoms with Crippen molar-refractivity contribution in [3.63, 3.8) is 0 Å². The summed E-state index contributed by atoms with van der Waals surface area (Å²) in [7, 11) is 0. The van der Waals surface area contributed by atoms with Crippen LogP contribution >= 0.6 is 11.8 Å². The van der Waals surface area contributed by atoms with Crippen LogP contribution in [0.15, 0.2) is 59.8 Å². The first-order chi connectivity index (χ1) is 12.2. The summed E-state index contributed by atoms with van der Waals surface area (Å²) in [6.45, 7) is 2.42. The molecule has 3 rings (SSSR count). The van der Waals surface area contributed by atoms with E-state index in [2.05, 4.69) is 28.4 Å². The zero-order valence-corrected chi connectivity index (χ0v) is 14.6. The maximum atomic E-state index is 14.2. The van der Waals surface area contributed by atoms with Crippen LogP contribution in [0.2, 0.25) is 0 Å². The molecule has 1 aromatic heterocycles. The van der Waals surface area contributed by atoms with Gasteiger partial charge in [-0.3, -0.25) is 0 Å². The van der Waals surface area contributed by atoms with E-state index < -0.39 is 0 Å². The molecule has 2 aromatic carbocycles. The average Bonchev–Trinajstić information content (AvgIpc) is 3.03. The van der Waals surface area contributed by atoms with Gasteiger partial charge in [0.25, 0.3) is 0 Å². The van der Waals surface area contributed by atoms with E-state index in [1.807, 2.05) is 29.7 Å². The Hall–Kier alpha value is -2.65. The summed E-state index contributed by atoms with van der Waals surface area (Å²) >= 11 is 1.33. The molecular formula is C19H17FN4S. The van der Waals surface area contributed by atoms with Crippen molar-refractivity contribution in [1.29, 1.82) is 5.26 Å². The summed E-state index contributed by atoms with van der Waals surface area (Å²) in [6.07, 6.45) is 0.773. The lowest BCUT2D eigenvalue weighted by Gasteiger charge is -2.11. The van der Waals surface area contributed by atoms with Crippen molar-refractivity contribution < 1.29 is 4.39 Å². The normalized spacial score (nSPS) is 11.9. The zero-order valence-electron chi connectivity index (χ0n) is 13.8. The molecule has 1 atom stereocenters. The predicted octanol–water partition coefficient (Wildman–Crippen LogP) is 4.33. The Labute approximate surface area is 150 Å². The number of hydrogen-bond donors (Lipinski definition) is 0. The maximum absolute atomic E-state index is 14.2. The van der Waals surface area contributed by atoms with Gasteiger partial charge >= 0.3 is 0 Å². The number of thioether (sulfide) groups is 1. The number of nitrogens with zero attached hydrogens (tertiary/aromatic N) is 4. The van der Waals surface area contributed by atoms with Gasteiger partial charge in [0.2, 0.25) is 0 Å². The highest BCUT2D eigenvalue weighted by Crippen LogP contribution is 2.28. The van der Waals surface area contributed by atoms with Crippen molar-refractivity contribution in [3.05, 3.63) is 66.0 Å². The fourth-order valence-corrected chi connectivity index (χ4v) is 3.25. The highest BCUT2D eigenvalue weighted by Gasteiger charge is 2.18. The van der Waals surface area contributed by atoms with E-state index in [1.165, 1.54) is 23.4 Å². The minimum atomic E-state index is -0.333. The molecule has 0 aliphatic rings. The molecular weight excluding hydrogens is 335 g/mol. The van der Waals surface area contributed by atoms with Crippen LogP contribution in [-0.4, -0.2) is 20.0 Å². The van der Waals surface area contributed by atoms with Crippen LogP contribution in [0.4, 0.5) is 4.39 Å². The third-order valence-electron chi connectivity index (χ3n) is 3.76. The number of aryl methyl sites for hydroxylation is 1. The second-order valence-corrected chi connectivity index (χ2v) is 6.87. The molecule has 0 amide bonds. The molecule has 0 fully saturated rings. The minimum Gasteiger partial charge on any atom is -0.302 e. The molecule has 0 radical (unpaired) electrons. The molecule has 0 aliphatic carbocycles. The number of rotatable bonds is 6. The fourth-order valence-electron chi connectivity index (χ4n) is 2.49. The van der Waals surface area contributed by atoms with E-state index in [0.29, 0.717) is 23.1 Å². The van der Waals surface area contributed by atoms with E-state index in [9.17, 15) is 4.39 Å². The van der Waals surface area contributed by atoms with E-state index in [1.54, 1.807) is 18.2 Å². The largest absolute Gasteiger partial charge is 0.302 e. The monoisotopic (exact) mass is 352 g/mol. The molecule has 0 bridgehead atoms. The Morgan fingerprint density at radius 1 is 1.12 bits per heavy atom. The van der Waals surface area contributed by atoms with Gasteiger partial charge in [-0.2, -0.15) is 5.26 Å². The van der Waals surface area contributed by atoms with Gasteiger partial charge in [-0.05, 0) is 31.0 Å². The number of nitriles is 1. The van der Waals surface area contributed by atoms with Crippen LogP contribution in [0.25, 0.3) is 11.4 Å². The summed E-state index contributed by atoms with van der Waals surface area (Å²) < 4.78 is 16.1.